The van der Waals surface area contributed by atoms with Gasteiger partial charge in [-0.15, -0.1) is 0 Å². The van der Waals surface area contributed by atoms with Gasteiger partial charge in [-0.3, -0.25) is 4.79 Å². The highest BCUT2D eigenvalue weighted by Crippen LogP contribution is 2.37. The maximum absolute atomic E-state index is 12.3. The van der Waals surface area contributed by atoms with Gasteiger partial charge in [0.15, 0.2) is 0 Å². The van der Waals surface area contributed by atoms with Crippen molar-refractivity contribution in [3.8, 4) is 0 Å². The van der Waals surface area contributed by atoms with E-state index in [4.69, 9.17) is 4.42 Å². The number of hydrogen-bond donors (Lipinski definition) is 1. The lowest BCUT2D eigenvalue weighted by Crippen LogP contribution is -2.28. The second kappa shape index (κ2) is 4.89. The summed E-state index contributed by atoms with van der Waals surface area (Å²) in [6.45, 7) is 1.91. The molecule has 1 aliphatic carbocycles. The number of nitrogens with zero attached hydrogens (tertiary/aromatic N) is 1. The van der Waals surface area contributed by atoms with Crippen LogP contribution in [0, 0.1) is 0 Å². The van der Waals surface area contributed by atoms with E-state index >= 15 is 0 Å². The van der Waals surface area contributed by atoms with Crippen LogP contribution in [0.4, 0.5) is 0 Å². The van der Waals surface area contributed by atoms with Crippen LogP contribution in [0.3, 0.4) is 0 Å². The highest BCUT2D eigenvalue weighted by atomic mass is 79.9. The summed E-state index contributed by atoms with van der Waals surface area (Å²) in [6.07, 6.45) is 5.88. The van der Waals surface area contributed by atoms with Crippen LogP contribution in [0.2, 0.25) is 0 Å². The number of carbonyl (C=O) groups is 1. The average Bonchev–Trinajstić information content (AvgIpc) is 2.91. The molecule has 3 rings (SSSR count). The third kappa shape index (κ3) is 2.61. The quantitative estimate of drug-likeness (QED) is 0.933. The molecule has 1 N–H and O–H groups in total. The number of carbonyl (C=O) groups excluding carboxylic acids is 1. The lowest BCUT2D eigenvalue weighted by atomic mass is 10.2. The van der Waals surface area contributed by atoms with Gasteiger partial charge in [0, 0.05) is 16.7 Å². The second-order valence-electron chi connectivity index (χ2n) is 4.89. The predicted molar refractivity (Wildman–Crippen MR) is 75.0 cm³/mol. The molecule has 0 radical (unpaired) electrons. The Labute approximate surface area is 119 Å². The normalized spacial score (nSPS) is 16.3. The summed E-state index contributed by atoms with van der Waals surface area (Å²) in [5.41, 5.74) is 0.702. The highest BCUT2D eigenvalue weighted by molar-refractivity contribution is 9.10. The molecule has 100 valence electrons. The molecule has 2 heterocycles. The molecule has 2 aromatic heterocycles. The highest BCUT2D eigenvalue weighted by Gasteiger charge is 2.28. The molecule has 1 fully saturated rings. The third-order valence-corrected chi connectivity index (χ3v) is 3.74. The van der Waals surface area contributed by atoms with Gasteiger partial charge in [0.25, 0.3) is 5.91 Å². The van der Waals surface area contributed by atoms with Gasteiger partial charge in [-0.2, -0.15) is 0 Å². The Balaban J connectivity index is 1.77. The van der Waals surface area contributed by atoms with Gasteiger partial charge in [0.05, 0.1) is 12.3 Å². The smallest absolute Gasteiger partial charge is 0.268 e. The molecule has 0 aliphatic heterocycles. The summed E-state index contributed by atoms with van der Waals surface area (Å²) in [7, 11) is 0. The summed E-state index contributed by atoms with van der Waals surface area (Å²) < 4.78 is 8.29. The van der Waals surface area contributed by atoms with Gasteiger partial charge in [0.2, 0.25) is 0 Å². The van der Waals surface area contributed by atoms with Gasteiger partial charge in [0.1, 0.15) is 11.5 Å². The fourth-order valence-corrected chi connectivity index (χ4v) is 2.60. The summed E-state index contributed by atoms with van der Waals surface area (Å²) in [4.78, 5) is 12.3. The molecule has 1 amide bonds. The van der Waals surface area contributed by atoms with Crippen LogP contribution >= 0.6 is 15.9 Å². The molecule has 0 aromatic carbocycles. The molecule has 4 nitrogen and oxygen atoms in total. The van der Waals surface area contributed by atoms with Crippen molar-refractivity contribution in [2.45, 2.75) is 31.8 Å². The van der Waals surface area contributed by atoms with Gasteiger partial charge < -0.3 is 14.3 Å². The second-order valence-corrected chi connectivity index (χ2v) is 5.81. The lowest BCUT2D eigenvalue weighted by Gasteiger charge is -2.13. The average molecular weight is 323 g/mol. The number of hydrogen-bond acceptors (Lipinski definition) is 2. The fraction of sp³-hybridized carbons (Fsp3) is 0.357. The van der Waals surface area contributed by atoms with Crippen LogP contribution in [0.1, 0.15) is 48.1 Å². The minimum absolute atomic E-state index is 0.0681. The van der Waals surface area contributed by atoms with Crippen molar-refractivity contribution >= 4 is 21.8 Å². The largest absolute Gasteiger partial charge is 0.467 e. The van der Waals surface area contributed by atoms with Gasteiger partial charge in [-0.25, -0.2) is 0 Å². The van der Waals surface area contributed by atoms with Gasteiger partial charge >= 0.3 is 0 Å². The predicted octanol–water partition coefficient (Wildman–Crippen LogP) is 3.67. The van der Waals surface area contributed by atoms with E-state index in [1.165, 1.54) is 0 Å². The zero-order valence-electron chi connectivity index (χ0n) is 10.6. The van der Waals surface area contributed by atoms with E-state index in [0.717, 1.165) is 23.1 Å². The Bertz CT molecular complexity index is 585. The molecule has 2 aromatic rings. The molecule has 1 unspecified atom stereocenters. The van der Waals surface area contributed by atoms with Crippen molar-refractivity contribution in [3.63, 3.8) is 0 Å². The zero-order chi connectivity index (χ0) is 13.4. The topological polar surface area (TPSA) is 47.2 Å². The van der Waals surface area contributed by atoms with E-state index in [1.54, 1.807) is 6.26 Å². The van der Waals surface area contributed by atoms with E-state index in [1.807, 2.05) is 35.9 Å². The molecular weight excluding hydrogens is 308 g/mol. The molecular formula is C14H15BrN2O2. The van der Waals surface area contributed by atoms with Crippen molar-refractivity contribution in [1.29, 1.82) is 0 Å². The number of furan rings is 1. The summed E-state index contributed by atoms with van der Waals surface area (Å²) in [5.74, 6) is 0.693. The molecule has 1 aliphatic rings. The molecule has 5 heteroatoms. The van der Waals surface area contributed by atoms with E-state index in [2.05, 4.69) is 21.2 Å². The van der Waals surface area contributed by atoms with E-state index in [-0.39, 0.29) is 11.9 Å². The van der Waals surface area contributed by atoms with Crippen molar-refractivity contribution < 1.29 is 9.21 Å². The van der Waals surface area contributed by atoms with Crippen molar-refractivity contribution in [2.75, 3.05) is 0 Å². The third-order valence-electron chi connectivity index (χ3n) is 3.31. The monoisotopic (exact) mass is 322 g/mol. The number of aromatic nitrogens is 1. The first-order valence-corrected chi connectivity index (χ1v) is 7.16. The molecule has 1 saturated carbocycles. The van der Waals surface area contributed by atoms with Crippen LogP contribution in [0.25, 0.3) is 0 Å². The van der Waals surface area contributed by atoms with E-state index < -0.39 is 0 Å². The zero-order valence-corrected chi connectivity index (χ0v) is 12.2. The van der Waals surface area contributed by atoms with Crippen LogP contribution < -0.4 is 5.32 Å². The first-order chi connectivity index (χ1) is 9.15. The Hall–Kier alpha value is -1.49. The Kier molecular flexibility index (Phi) is 3.22. The van der Waals surface area contributed by atoms with E-state index in [9.17, 15) is 4.79 Å². The number of halogens is 1. The molecule has 0 bridgehead atoms. The standard InChI is InChI=1S/C14H15BrN2O2/c1-9(13-3-2-6-19-13)16-14(18)12-7-10(15)8-17(12)11-4-5-11/h2-3,6-9,11H,4-5H2,1H3,(H,16,18). The van der Waals surface area contributed by atoms with Crippen molar-refractivity contribution in [2.24, 2.45) is 0 Å². The maximum Gasteiger partial charge on any atom is 0.268 e. The van der Waals surface area contributed by atoms with Crippen LogP contribution in [0.5, 0.6) is 0 Å². The SMILES string of the molecule is CC(NC(=O)c1cc(Br)cn1C1CC1)c1ccco1. The van der Waals surface area contributed by atoms with Gasteiger partial charge in [-0.05, 0) is 53.9 Å². The molecule has 0 spiro atoms. The first-order valence-electron chi connectivity index (χ1n) is 6.37. The number of amides is 1. The Morgan fingerprint density at radius 2 is 2.37 bits per heavy atom. The first kappa shape index (κ1) is 12.5. The van der Waals surface area contributed by atoms with E-state index in [0.29, 0.717) is 11.7 Å². The summed E-state index contributed by atoms with van der Waals surface area (Å²) in [6, 6.07) is 5.89. The fourth-order valence-electron chi connectivity index (χ4n) is 2.16. The maximum atomic E-state index is 12.3. The van der Waals surface area contributed by atoms with Crippen LogP contribution in [0.15, 0.2) is 39.5 Å². The van der Waals surface area contributed by atoms with Crippen molar-refractivity contribution in [1.82, 2.24) is 9.88 Å². The van der Waals surface area contributed by atoms with Crippen LogP contribution in [-0.4, -0.2) is 10.5 Å². The van der Waals surface area contributed by atoms with Crippen molar-refractivity contribution in [3.05, 3.63) is 46.6 Å². The number of nitrogens with one attached hydrogen (secondary N) is 1. The molecule has 0 saturated heterocycles. The van der Waals surface area contributed by atoms with Crippen LogP contribution in [-0.2, 0) is 0 Å². The molecule has 1 atom stereocenters. The summed E-state index contributed by atoms with van der Waals surface area (Å²) >= 11 is 3.43. The summed E-state index contributed by atoms with van der Waals surface area (Å²) in [5, 5.41) is 2.96. The molecule has 19 heavy (non-hydrogen) atoms. The Morgan fingerprint density at radius 1 is 1.58 bits per heavy atom. The Morgan fingerprint density at radius 3 is 3.00 bits per heavy atom. The number of rotatable bonds is 4. The minimum Gasteiger partial charge on any atom is -0.467 e. The lowest BCUT2D eigenvalue weighted by molar-refractivity contribution is 0.0925. The van der Waals surface area contributed by atoms with Gasteiger partial charge in [-0.1, -0.05) is 0 Å². The minimum atomic E-state index is -0.135.